The molecule has 1 unspecified atom stereocenters. The van der Waals surface area contributed by atoms with Crippen LogP contribution in [0.5, 0.6) is 0 Å². The monoisotopic (exact) mass is 288 g/mol. The maximum Gasteiger partial charge on any atom is 0.246 e. The zero-order valence-corrected chi connectivity index (χ0v) is 11.8. The molecule has 2 heterocycles. The summed E-state index contributed by atoms with van der Waals surface area (Å²) in [5, 5.41) is 4.06. The number of nitrogens with two attached hydrogens (primary N) is 1. The van der Waals surface area contributed by atoms with Crippen molar-refractivity contribution in [3.05, 3.63) is 12.4 Å². The van der Waals surface area contributed by atoms with Gasteiger partial charge in [-0.2, -0.15) is 9.40 Å². The van der Waals surface area contributed by atoms with E-state index in [0.717, 1.165) is 6.42 Å². The van der Waals surface area contributed by atoms with Crippen molar-refractivity contribution in [2.75, 3.05) is 26.2 Å². The molecule has 1 atom stereocenters. The molecule has 0 spiro atoms. The summed E-state index contributed by atoms with van der Waals surface area (Å²) in [6, 6.07) is 0. The molecule has 108 valence electrons. The molecule has 2 N–H and O–H groups in total. The molecule has 19 heavy (non-hydrogen) atoms. The predicted molar refractivity (Wildman–Crippen MR) is 70.1 cm³/mol. The number of nitrogens with zero attached hydrogens (tertiary/aromatic N) is 3. The van der Waals surface area contributed by atoms with E-state index >= 15 is 0 Å². The molecular formula is C11H20N4O3S. The van der Waals surface area contributed by atoms with Crippen molar-refractivity contribution in [2.24, 2.45) is 5.73 Å². The molecule has 1 fully saturated rings. The zero-order valence-electron chi connectivity index (χ0n) is 11.0. The maximum absolute atomic E-state index is 12.4. The third kappa shape index (κ3) is 3.33. The second-order valence-corrected chi connectivity index (χ2v) is 6.56. The van der Waals surface area contributed by atoms with Gasteiger partial charge in [0.15, 0.2) is 0 Å². The van der Waals surface area contributed by atoms with E-state index in [-0.39, 0.29) is 11.0 Å². The van der Waals surface area contributed by atoms with Gasteiger partial charge >= 0.3 is 0 Å². The Kier molecular flexibility index (Phi) is 4.56. The Labute approximate surface area is 113 Å². The van der Waals surface area contributed by atoms with E-state index in [1.807, 2.05) is 6.92 Å². The van der Waals surface area contributed by atoms with Crippen LogP contribution >= 0.6 is 0 Å². The van der Waals surface area contributed by atoms with Gasteiger partial charge in [0, 0.05) is 25.8 Å². The van der Waals surface area contributed by atoms with Crippen LogP contribution in [0, 0.1) is 0 Å². The number of hydrogen-bond acceptors (Lipinski definition) is 5. The van der Waals surface area contributed by atoms with Gasteiger partial charge in [-0.1, -0.05) is 0 Å². The fraction of sp³-hybridized carbons (Fsp3) is 0.727. The molecule has 1 aliphatic heterocycles. The largest absolute Gasteiger partial charge is 0.376 e. The van der Waals surface area contributed by atoms with Crippen LogP contribution in [0.1, 0.15) is 13.3 Å². The number of morpholine rings is 1. The second kappa shape index (κ2) is 6.00. The number of aromatic nitrogens is 2. The summed E-state index contributed by atoms with van der Waals surface area (Å²) >= 11 is 0. The summed E-state index contributed by atoms with van der Waals surface area (Å²) in [5.74, 6) is 0. The van der Waals surface area contributed by atoms with Gasteiger partial charge in [-0.15, -0.1) is 0 Å². The van der Waals surface area contributed by atoms with E-state index in [1.165, 1.54) is 10.5 Å². The lowest BCUT2D eigenvalue weighted by atomic mass is 10.3. The maximum atomic E-state index is 12.4. The van der Waals surface area contributed by atoms with Crippen LogP contribution in [0.15, 0.2) is 17.3 Å². The third-order valence-electron chi connectivity index (χ3n) is 3.04. The topological polar surface area (TPSA) is 90.5 Å². The van der Waals surface area contributed by atoms with Crippen LogP contribution in [-0.4, -0.2) is 54.8 Å². The first-order valence-electron chi connectivity index (χ1n) is 6.38. The minimum Gasteiger partial charge on any atom is -0.376 e. The standard InChI is InChI=1S/C11H20N4O3S/c1-10-8-15(5-6-18-10)19(16,17)11-7-13-14(9-11)4-2-3-12/h7,9-10H,2-6,8,12H2,1H3. The molecular weight excluding hydrogens is 268 g/mol. The molecule has 0 saturated carbocycles. The van der Waals surface area contributed by atoms with Gasteiger partial charge in [-0.05, 0) is 19.9 Å². The number of sulfonamides is 1. The lowest BCUT2D eigenvalue weighted by Gasteiger charge is -2.29. The van der Waals surface area contributed by atoms with E-state index in [0.29, 0.717) is 32.8 Å². The summed E-state index contributed by atoms with van der Waals surface area (Å²) in [5.41, 5.74) is 5.42. The summed E-state index contributed by atoms with van der Waals surface area (Å²) in [4.78, 5) is 0.235. The molecule has 1 saturated heterocycles. The van der Waals surface area contributed by atoms with E-state index < -0.39 is 10.0 Å². The first-order valence-corrected chi connectivity index (χ1v) is 7.82. The first kappa shape index (κ1) is 14.4. The van der Waals surface area contributed by atoms with Gasteiger partial charge in [0.2, 0.25) is 10.0 Å². The molecule has 7 nitrogen and oxygen atoms in total. The molecule has 0 aromatic carbocycles. The van der Waals surface area contributed by atoms with Gasteiger partial charge in [0.05, 0.1) is 18.9 Å². The van der Waals surface area contributed by atoms with Crippen LogP contribution in [-0.2, 0) is 21.3 Å². The Morgan fingerprint density at radius 3 is 3.05 bits per heavy atom. The van der Waals surface area contributed by atoms with Crippen molar-refractivity contribution in [1.82, 2.24) is 14.1 Å². The van der Waals surface area contributed by atoms with Crippen LogP contribution in [0.4, 0.5) is 0 Å². The summed E-state index contributed by atoms with van der Waals surface area (Å²) in [7, 11) is -3.46. The van der Waals surface area contributed by atoms with Crippen molar-refractivity contribution in [2.45, 2.75) is 30.9 Å². The first-order chi connectivity index (χ1) is 9.04. The fourth-order valence-electron chi connectivity index (χ4n) is 2.01. The number of rotatable bonds is 5. The quantitative estimate of drug-likeness (QED) is 0.799. The average molecular weight is 288 g/mol. The molecule has 0 bridgehead atoms. The van der Waals surface area contributed by atoms with Crippen molar-refractivity contribution >= 4 is 10.0 Å². The minimum absolute atomic E-state index is 0.0733. The minimum atomic E-state index is -3.46. The second-order valence-electron chi connectivity index (χ2n) is 4.63. The number of hydrogen-bond donors (Lipinski definition) is 1. The van der Waals surface area contributed by atoms with Crippen molar-refractivity contribution in [3.63, 3.8) is 0 Å². The van der Waals surface area contributed by atoms with Crippen LogP contribution in [0.3, 0.4) is 0 Å². The van der Waals surface area contributed by atoms with Crippen LogP contribution < -0.4 is 5.73 Å². The fourth-order valence-corrected chi connectivity index (χ4v) is 3.46. The molecule has 8 heteroatoms. The van der Waals surface area contributed by atoms with Crippen molar-refractivity contribution < 1.29 is 13.2 Å². The number of aryl methyl sites for hydroxylation is 1. The number of ether oxygens (including phenoxy) is 1. The summed E-state index contributed by atoms with van der Waals surface area (Å²) < 4.78 is 33.2. The highest BCUT2D eigenvalue weighted by Crippen LogP contribution is 2.18. The molecule has 1 aliphatic rings. The Morgan fingerprint density at radius 1 is 1.58 bits per heavy atom. The Balaban J connectivity index is 2.12. The highest BCUT2D eigenvalue weighted by atomic mass is 32.2. The third-order valence-corrected chi connectivity index (χ3v) is 4.86. The summed E-state index contributed by atoms with van der Waals surface area (Å²) in [6.07, 6.45) is 3.66. The molecule has 2 rings (SSSR count). The van der Waals surface area contributed by atoms with Gasteiger partial charge in [-0.25, -0.2) is 8.42 Å². The van der Waals surface area contributed by atoms with E-state index in [2.05, 4.69) is 5.10 Å². The average Bonchev–Trinajstić information content (AvgIpc) is 2.86. The molecule has 0 amide bonds. The molecule has 0 radical (unpaired) electrons. The van der Waals surface area contributed by atoms with Gasteiger partial charge in [0.25, 0.3) is 0 Å². The van der Waals surface area contributed by atoms with Crippen molar-refractivity contribution in [3.8, 4) is 0 Å². The van der Waals surface area contributed by atoms with Crippen LogP contribution in [0.2, 0.25) is 0 Å². The normalized spacial score (nSPS) is 21.7. The highest BCUT2D eigenvalue weighted by molar-refractivity contribution is 7.89. The molecule has 1 aromatic heterocycles. The van der Waals surface area contributed by atoms with Crippen molar-refractivity contribution in [1.29, 1.82) is 0 Å². The van der Waals surface area contributed by atoms with Gasteiger partial charge in [-0.3, -0.25) is 4.68 Å². The van der Waals surface area contributed by atoms with E-state index in [9.17, 15) is 8.42 Å². The van der Waals surface area contributed by atoms with Gasteiger partial charge in [0.1, 0.15) is 4.90 Å². The van der Waals surface area contributed by atoms with Gasteiger partial charge < -0.3 is 10.5 Å². The Hall–Kier alpha value is -0.960. The Morgan fingerprint density at radius 2 is 2.37 bits per heavy atom. The molecule has 0 aliphatic carbocycles. The van der Waals surface area contributed by atoms with E-state index in [1.54, 1.807) is 10.9 Å². The zero-order chi connectivity index (χ0) is 13.9. The highest BCUT2D eigenvalue weighted by Gasteiger charge is 2.30. The smallest absolute Gasteiger partial charge is 0.246 e. The Bertz CT molecular complexity index is 514. The predicted octanol–water partition coefficient (Wildman–Crippen LogP) is -0.359. The lowest BCUT2D eigenvalue weighted by molar-refractivity contribution is 0.0102. The lowest BCUT2D eigenvalue weighted by Crippen LogP contribution is -2.44. The van der Waals surface area contributed by atoms with E-state index in [4.69, 9.17) is 10.5 Å². The van der Waals surface area contributed by atoms with Crippen LogP contribution in [0.25, 0.3) is 0 Å². The summed E-state index contributed by atoms with van der Waals surface area (Å²) in [6.45, 7) is 4.26. The SMILES string of the molecule is CC1CN(S(=O)(=O)c2cnn(CCCN)c2)CCO1. The molecule has 1 aromatic rings.